The normalized spacial score (nSPS) is 15.5. The first-order chi connectivity index (χ1) is 14.0. The molecule has 1 unspecified atom stereocenters. The molecule has 0 aliphatic carbocycles. The molecule has 0 saturated heterocycles. The van der Waals surface area contributed by atoms with Gasteiger partial charge >= 0.3 is 6.03 Å². The van der Waals surface area contributed by atoms with Crippen LogP contribution in [0.4, 0.5) is 10.5 Å². The number of hydrogen-bond acceptors (Lipinski definition) is 2. The smallest absolute Gasteiger partial charge is 0.313 e. The number of urea groups is 1. The highest BCUT2D eigenvalue weighted by atomic mass is 35.5. The number of carbonyl (C=O) groups excluding carboxylic acids is 2. The number of benzene rings is 3. The van der Waals surface area contributed by atoms with Crippen LogP contribution >= 0.6 is 11.6 Å². The molecule has 3 aromatic rings. The fourth-order valence-corrected chi connectivity index (χ4v) is 4.04. The van der Waals surface area contributed by atoms with Gasteiger partial charge in [-0.1, -0.05) is 54.1 Å². The number of halogens is 1. The second kappa shape index (κ2) is 8.10. The van der Waals surface area contributed by atoms with E-state index in [2.05, 4.69) is 17.4 Å². The number of fused-ring (bicyclic) bond motifs is 1. The van der Waals surface area contributed by atoms with Gasteiger partial charge in [0.25, 0.3) is 0 Å². The van der Waals surface area contributed by atoms with Crippen LogP contribution in [0, 0.1) is 0 Å². The van der Waals surface area contributed by atoms with Crippen molar-refractivity contribution < 1.29 is 9.59 Å². The summed E-state index contributed by atoms with van der Waals surface area (Å²) >= 11 is 6.51. The van der Waals surface area contributed by atoms with Gasteiger partial charge in [0.15, 0.2) is 5.78 Å². The highest BCUT2D eigenvalue weighted by Gasteiger charge is 2.33. The first kappa shape index (κ1) is 19.2. The lowest BCUT2D eigenvalue weighted by atomic mass is 9.88. The average molecular weight is 405 g/mol. The lowest BCUT2D eigenvalue weighted by Crippen LogP contribution is -2.43. The van der Waals surface area contributed by atoms with Gasteiger partial charge in [-0.2, -0.15) is 0 Å². The van der Waals surface area contributed by atoms with E-state index in [1.165, 1.54) is 12.5 Å². The van der Waals surface area contributed by atoms with Crippen molar-refractivity contribution in [1.82, 2.24) is 4.90 Å². The third kappa shape index (κ3) is 3.89. The summed E-state index contributed by atoms with van der Waals surface area (Å²) in [6.45, 7) is 2.11. The van der Waals surface area contributed by atoms with Gasteiger partial charge in [0.1, 0.15) is 0 Å². The largest absolute Gasteiger partial charge is 0.322 e. The maximum atomic E-state index is 13.2. The number of ketones is 1. The summed E-state index contributed by atoms with van der Waals surface area (Å²) in [5.74, 6) is -0.00528. The van der Waals surface area contributed by atoms with Crippen molar-refractivity contribution in [2.45, 2.75) is 19.4 Å². The summed E-state index contributed by atoms with van der Waals surface area (Å²) in [6.07, 6.45) is 0.786. The zero-order chi connectivity index (χ0) is 20.4. The molecule has 0 saturated carbocycles. The minimum absolute atomic E-state index is 0.00528. The molecule has 0 bridgehead atoms. The lowest BCUT2D eigenvalue weighted by molar-refractivity contribution is 0.101. The number of anilines is 1. The molecule has 0 fully saturated rings. The van der Waals surface area contributed by atoms with Crippen LogP contribution < -0.4 is 5.32 Å². The van der Waals surface area contributed by atoms with Crippen molar-refractivity contribution in [2.24, 2.45) is 0 Å². The van der Waals surface area contributed by atoms with Crippen LogP contribution in [0.2, 0.25) is 5.02 Å². The summed E-state index contributed by atoms with van der Waals surface area (Å²) in [6, 6.07) is 22.3. The average Bonchev–Trinajstić information content (AvgIpc) is 2.74. The van der Waals surface area contributed by atoms with Crippen LogP contribution in [-0.2, 0) is 6.42 Å². The molecule has 3 aromatic carbocycles. The van der Waals surface area contributed by atoms with E-state index in [0.717, 1.165) is 17.5 Å². The van der Waals surface area contributed by atoms with Gasteiger partial charge in [-0.25, -0.2) is 4.79 Å². The van der Waals surface area contributed by atoms with Crippen molar-refractivity contribution in [2.75, 3.05) is 11.9 Å². The van der Waals surface area contributed by atoms with Crippen molar-refractivity contribution in [1.29, 1.82) is 0 Å². The van der Waals surface area contributed by atoms with Gasteiger partial charge in [0, 0.05) is 22.8 Å². The second-order valence-corrected chi connectivity index (χ2v) is 7.54. The molecule has 146 valence electrons. The van der Waals surface area contributed by atoms with Gasteiger partial charge in [0.05, 0.1) is 6.04 Å². The fraction of sp³-hybridized carbons (Fsp3) is 0.167. The molecule has 1 heterocycles. The van der Waals surface area contributed by atoms with Crippen molar-refractivity contribution in [3.8, 4) is 0 Å². The van der Waals surface area contributed by atoms with E-state index in [0.29, 0.717) is 22.8 Å². The van der Waals surface area contributed by atoms with Gasteiger partial charge < -0.3 is 10.2 Å². The number of carbonyl (C=O) groups is 2. The van der Waals surface area contributed by atoms with Crippen LogP contribution in [0.3, 0.4) is 0 Å². The number of nitrogens with one attached hydrogen (secondary N) is 1. The number of rotatable bonds is 3. The van der Waals surface area contributed by atoms with Gasteiger partial charge in [0.2, 0.25) is 0 Å². The maximum Gasteiger partial charge on any atom is 0.322 e. The molecule has 4 rings (SSSR count). The van der Waals surface area contributed by atoms with Crippen LogP contribution in [0.25, 0.3) is 0 Å². The molecule has 1 N–H and O–H groups in total. The topological polar surface area (TPSA) is 49.4 Å². The van der Waals surface area contributed by atoms with E-state index in [-0.39, 0.29) is 17.9 Å². The Morgan fingerprint density at radius 1 is 0.931 bits per heavy atom. The lowest BCUT2D eigenvalue weighted by Gasteiger charge is -2.38. The van der Waals surface area contributed by atoms with Crippen LogP contribution in [0.1, 0.15) is 40.0 Å². The molecule has 0 radical (unpaired) electrons. The Hall–Kier alpha value is -3.11. The molecule has 5 heteroatoms. The predicted molar refractivity (Wildman–Crippen MR) is 116 cm³/mol. The fourth-order valence-electron chi connectivity index (χ4n) is 3.80. The van der Waals surface area contributed by atoms with Crippen LogP contribution in [0.15, 0.2) is 72.8 Å². The highest BCUT2D eigenvalue weighted by molar-refractivity contribution is 6.31. The molecule has 1 atom stereocenters. The van der Waals surface area contributed by atoms with Crippen molar-refractivity contribution >= 4 is 29.1 Å². The highest BCUT2D eigenvalue weighted by Crippen LogP contribution is 2.38. The van der Waals surface area contributed by atoms with Crippen LogP contribution in [0.5, 0.6) is 0 Å². The molecule has 0 aromatic heterocycles. The summed E-state index contributed by atoms with van der Waals surface area (Å²) in [4.78, 5) is 26.5. The number of amides is 2. The zero-order valence-electron chi connectivity index (χ0n) is 16.1. The summed E-state index contributed by atoms with van der Waals surface area (Å²) in [5.41, 5.74) is 4.49. The van der Waals surface area contributed by atoms with Gasteiger partial charge in [-0.05, 0) is 60.4 Å². The van der Waals surface area contributed by atoms with Gasteiger partial charge in [-0.15, -0.1) is 0 Å². The molecular formula is C24H21ClN2O2. The first-order valence-electron chi connectivity index (χ1n) is 9.55. The summed E-state index contributed by atoms with van der Waals surface area (Å²) in [7, 11) is 0. The van der Waals surface area contributed by atoms with E-state index < -0.39 is 0 Å². The molecule has 1 aliphatic heterocycles. The number of Topliss-reactive ketones (excluding diaryl/α,β-unsaturated/α-hetero) is 1. The Labute approximate surface area is 175 Å². The molecule has 0 spiro atoms. The Bertz CT molecular complexity index is 1060. The minimum Gasteiger partial charge on any atom is -0.313 e. The Morgan fingerprint density at radius 2 is 1.59 bits per heavy atom. The van der Waals surface area contributed by atoms with E-state index >= 15 is 0 Å². The minimum atomic E-state index is -0.259. The zero-order valence-corrected chi connectivity index (χ0v) is 16.8. The molecular weight excluding hydrogens is 384 g/mol. The first-order valence-corrected chi connectivity index (χ1v) is 9.93. The van der Waals surface area contributed by atoms with E-state index in [1.54, 1.807) is 24.3 Å². The van der Waals surface area contributed by atoms with Crippen molar-refractivity contribution in [3.05, 3.63) is 100 Å². The number of hydrogen-bond donors (Lipinski definition) is 1. The Balaban J connectivity index is 1.67. The Morgan fingerprint density at radius 3 is 2.28 bits per heavy atom. The van der Waals surface area contributed by atoms with Gasteiger partial charge in [-0.3, -0.25) is 4.79 Å². The summed E-state index contributed by atoms with van der Waals surface area (Å²) < 4.78 is 0. The molecule has 4 nitrogen and oxygen atoms in total. The van der Waals surface area contributed by atoms with E-state index in [1.807, 2.05) is 41.3 Å². The van der Waals surface area contributed by atoms with E-state index in [4.69, 9.17) is 11.6 Å². The third-order valence-electron chi connectivity index (χ3n) is 5.29. The summed E-state index contributed by atoms with van der Waals surface area (Å²) in [5, 5.41) is 3.60. The quantitative estimate of drug-likeness (QED) is 0.567. The standard InChI is InChI=1S/C24H21ClN2O2/c1-16(28)17-10-12-19(13-11-17)26-24(29)27-15-14-18-6-2-3-7-20(18)23(27)21-8-4-5-9-22(21)25/h2-13,23H,14-15H2,1H3,(H,26,29). The van der Waals surface area contributed by atoms with Crippen LogP contribution in [-0.4, -0.2) is 23.3 Å². The molecule has 2 amide bonds. The SMILES string of the molecule is CC(=O)c1ccc(NC(=O)N2CCc3ccccc3C2c2ccccc2Cl)cc1. The predicted octanol–water partition coefficient (Wildman–Crippen LogP) is 5.72. The molecule has 29 heavy (non-hydrogen) atoms. The van der Waals surface area contributed by atoms with Crippen molar-refractivity contribution in [3.63, 3.8) is 0 Å². The third-order valence-corrected chi connectivity index (χ3v) is 5.63. The molecule has 1 aliphatic rings. The second-order valence-electron chi connectivity index (χ2n) is 7.13. The maximum absolute atomic E-state index is 13.2. The monoisotopic (exact) mass is 404 g/mol. The van der Waals surface area contributed by atoms with E-state index in [9.17, 15) is 9.59 Å². The Kier molecular flexibility index (Phi) is 5.36. The number of nitrogens with zero attached hydrogens (tertiary/aromatic N) is 1.